The molecule has 0 bridgehead atoms. The molecule has 1 N–H and O–H groups in total. The number of methoxy groups -OCH3 is 1. The molecule has 2 aromatic rings. The highest BCUT2D eigenvalue weighted by molar-refractivity contribution is 7.80. The molecule has 1 unspecified atom stereocenters. The number of nitrogens with one attached hydrogen (secondary N) is 1. The quantitative estimate of drug-likeness (QED) is 0.671. The van der Waals surface area contributed by atoms with Crippen LogP contribution in [0.2, 0.25) is 5.02 Å². The summed E-state index contributed by atoms with van der Waals surface area (Å²) >= 11 is 11.7. The van der Waals surface area contributed by atoms with E-state index in [1.807, 2.05) is 54.4 Å². The van der Waals surface area contributed by atoms with Crippen molar-refractivity contribution in [3.8, 4) is 11.5 Å². The van der Waals surface area contributed by atoms with Gasteiger partial charge in [0.25, 0.3) is 0 Å². The summed E-state index contributed by atoms with van der Waals surface area (Å²) in [5, 5.41) is 4.58. The number of ketones is 1. The van der Waals surface area contributed by atoms with Crippen molar-refractivity contribution in [2.45, 2.75) is 31.9 Å². The number of ether oxygens (including phenoxy) is 2. The molecule has 2 aliphatic rings. The lowest BCUT2D eigenvalue weighted by Gasteiger charge is -2.39. The van der Waals surface area contributed by atoms with Crippen molar-refractivity contribution in [3.63, 3.8) is 0 Å². The second kappa shape index (κ2) is 8.66. The van der Waals surface area contributed by atoms with Crippen molar-refractivity contribution >= 4 is 34.7 Å². The van der Waals surface area contributed by atoms with E-state index in [2.05, 4.69) is 5.32 Å². The van der Waals surface area contributed by atoms with Gasteiger partial charge in [0, 0.05) is 35.3 Å². The van der Waals surface area contributed by atoms with Gasteiger partial charge in [0.2, 0.25) is 0 Å². The molecule has 1 aliphatic carbocycles. The molecule has 1 atom stereocenters. The molecular weight excluding hydrogens is 420 g/mol. The normalized spacial score (nSPS) is 18.8. The predicted molar refractivity (Wildman–Crippen MR) is 121 cm³/mol. The first-order chi connectivity index (χ1) is 14.5. The van der Waals surface area contributed by atoms with E-state index in [1.54, 1.807) is 7.11 Å². The zero-order chi connectivity index (χ0) is 21.3. The van der Waals surface area contributed by atoms with Gasteiger partial charge in [-0.1, -0.05) is 35.9 Å². The van der Waals surface area contributed by atoms with Crippen LogP contribution in [0, 0.1) is 0 Å². The minimum absolute atomic E-state index is 0.145. The minimum atomic E-state index is -0.374. The number of hydrogen-bond acceptors (Lipinski definition) is 4. The highest BCUT2D eigenvalue weighted by Gasteiger charge is 2.37. The van der Waals surface area contributed by atoms with Gasteiger partial charge < -0.3 is 19.7 Å². The van der Waals surface area contributed by atoms with Gasteiger partial charge in [-0.05, 0) is 48.8 Å². The fourth-order valence-electron chi connectivity index (χ4n) is 4.03. The molecule has 2 aromatic carbocycles. The van der Waals surface area contributed by atoms with Gasteiger partial charge in [0.1, 0.15) is 6.61 Å². The van der Waals surface area contributed by atoms with Crippen LogP contribution < -0.4 is 14.8 Å². The van der Waals surface area contributed by atoms with E-state index in [0.29, 0.717) is 34.7 Å². The number of halogens is 1. The van der Waals surface area contributed by atoms with Gasteiger partial charge in [0.15, 0.2) is 22.4 Å². The number of thiocarbonyl (C=S) groups is 1. The lowest BCUT2D eigenvalue weighted by atomic mass is 9.84. The average Bonchev–Trinajstić information content (AvgIpc) is 2.75. The Kier molecular flexibility index (Phi) is 5.97. The third-order valence-corrected chi connectivity index (χ3v) is 6.13. The number of carbonyl (C=O) groups excluding carboxylic acids is 1. The van der Waals surface area contributed by atoms with E-state index in [4.69, 9.17) is 33.3 Å². The van der Waals surface area contributed by atoms with Crippen molar-refractivity contribution in [3.05, 3.63) is 69.9 Å². The number of Topliss-reactive ketones (excluding diaryl/α,β-unsaturated/α-hetero) is 1. The molecule has 0 saturated heterocycles. The molecule has 0 spiro atoms. The molecule has 0 aromatic heterocycles. The first kappa shape index (κ1) is 20.7. The molecule has 7 heteroatoms. The Morgan fingerprint density at radius 2 is 2.03 bits per heavy atom. The minimum Gasteiger partial charge on any atom is -0.493 e. The van der Waals surface area contributed by atoms with Crippen molar-refractivity contribution in [1.29, 1.82) is 0 Å². The second-order valence-corrected chi connectivity index (χ2v) is 8.20. The van der Waals surface area contributed by atoms with Crippen LogP contribution in [0.4, 0.5) is 0 Å². The zero-order valence-corrected chi connectivity index (χ0v) is 18.5. The van der Waals surface area contributed by atoms with E-state index in [1.165, 1.54) is 0 Å². The first-order valence-corrected chi connectivity index (χ1v) is 10.6. The maximum Gasteiger partial charge on any atom is 0.173 e. The Morgan fingerprint density at radius 1 is 1.23 bits per heavy atom. The molecule has 4 rings (SSSR count). The highest BCUT2D eigenvalue weighted by atomic mass is 35.5. The smallest absolute Gasteiger partial charge is 0.173 e. The van der Waals surface area contributed by atoms with Gasteiger partial charge in [-0.2, -0.15) is 0 Å². The van der Waals surface area contributed by atoms with Crippen LogP contribution >= 0.6 is 23.8 Å². The van der Waals surface area contributed by atoms with E-state index >= 15 is 0 Å². The predicted octanol–water partition coefficient (Wildman–Crippen LogP) is 4.80. The monoisotopic (exact) mass is 442 g/mol. The molecular formula is C23H23ClN2O3S. The maximum atomic E-state index is 12.9. The molecule has 0 amide bonds. The number of benzene rings is 2. The molecule has 0 saturated carbocycles. The second-order valence-electron chi connectivity index (χ2n) is 7.38. The Labute approximate surface area is 186 Å². The van der Waals surface area contributed by atoms with Crippen molar-refractivity contribution in [2.75, 3.05) is 14.2 Å². The number of rotatable bonds is 5. The fraction of sp³-hybridized carbons (Fsp3) is 0.304. The SMILES string of the molecule is COc1cccc(C2NC(=S)N(C)C3=C2C(=O)CCC3)c1OCc1cccc(Cl)c1. The summed E-state index contributed by atoms with van der Waals surface area (Å²) in [7, 11) is 3.51. The molecule has 0 fully saturated rings. The third kappa shape index (κ3) is 3.89. The van der Waals surface area contributed by atoms with Gasteiger partial charge in [-0.15, -0.1) is 0 Å². The largest absolute Gasteiger partial charge is 0.493 e. The van der Waals surface area contributed by atoms with Crippen molar-refractivity contribution in [1.82, 2.24) is 10.2 Å². The summed E-state index contributed by atoms with van der Waals surface area (Å²) in [6.07, 6.45) is 2.21. The van der Waals surface area contributed by atoms with Crippen LogP contribution in [-0.4, -0.2) is 30.0 Å². The van der Waals surface area contributed by atoms with Crippen molar-refractivity contribution in [2.24, 2.45) is 0 Å². The van der Waals surface area contributed by atoms with Gasteiger partial charge in [-0.25, -0.2) is 0 Å². The summed E-state index contributed by atoms with van der Waals surface area (Å²) in [5.41, 5.74) is 3.52. The number of allylic oxidation sites excluding steroid dienone is 1. The lowest BCUT2D eigenvalue weighted by Crippen LogP contribution is -2.47. The van der Waals surface area contributed by atoms with Crippen molar-refractivity contribution < 1.29 is 14.3 Å². The Balaban J connectivity index is 1.76. The van der Waals surface area contributed by atoms with E-state index in [0.717, 1.165) is 35.2 Å². The standard InChI is InChI=1S/C23H23ClN2O3S/c1-26-17-9-5-10-18(27)20(17)21(25-23(26)30)16-8-4-11-19(28-2)22(16)29-13-14-6-3-7-15(24)12-14/h3-4,6-8,11-12,21H,5,9-10,13H2,1-2H3,(H,25,30). The lowest BCUT2D eigenvalue weighted by molar-refractivity contribution is -0.116. The number of para-hydroxylation sites is 1. The zero-order valence-electron chi connectivity index (χ0n) is 16.9. The van der Waals surface area contributed by atoms with Crippen LogP contribution in [0.25, 0.3) is 0 Å². The molecule has 1 aliphatic heterocycles. The topological polar surface area (TPSA) is 50.8 Å². The Hall–Kier alpha value is -2.57. The number of nitrogens with zero attached hydrogens (tertiary/aromatic N) is 1. The fourth-order valence-corrected chi connectivity index (χ4v) is 4.47. The van der Waals surface area contributed by atoms with Crippen LogP contribution in [0.5, 0.6) is 11.5 Å². The van der Waals surface area contributed by atoms with Gasteiger partial charge in [0.05, 0.1) is 13.2 Å². The van der Waals surface area contributed by atoms with Crippen LogP contribution in [-0.2, 0) is 11.4 Å². The van der Waals surface area contributed by atoms with E-state index in [-0.39, 0.29) is 11.8 Å². The summed E-state index contributed by atoms with van der Waals surface area (Å²) < 4.78 is 11.8. The summed E-state index contributed by atoms with van der Waals surface area (Å²) in [5.74, 6) is 1.34. The van der Waals surface area contributed by atoms with E-state index < -0.39 is 0 Å². The van der Waals surface area contributed by atoms with Crippen LogP contribution in [0.3, 0.4) is 0 Å². The molecule has 0 radical (unpaired) electrons. The number of carbonyl (C=O) groups is 1. The van der Waals surface area contributed by atoms with Gasteiger partial charge in [-0.3, -0.25) is 4.79 Å². The molecule has 156 valence electrons. The first-order valence-electron chi connectivity index (χ1n) is 9.84. The molecule has 30 heavy (non-hydrogen) atoms. The summed E-state index contributed by atoms with van der Waals surface area (Å²) in [6.45, 7) is 0.324. The van der Waals surface area contributed by atoms with Gasteiger partial charge >= 0.3 is 0 Å². The Bertz CT molecular complexity index is 1040. The number of hydrogen-bond donors (Lipinski definition) is 1. The summed E-state index contributed by atoms with van der Waals surface area (Å²) in [6, 6.07) is 12.9. The summed E-state index contributed by atoms with van der Waals surface area (Å²) in [4.78, 5) is 14.8. The molecule has 1 heterocycles. The maximum absolute atomic E-state index is 12.9. The van der Waals surface area contributed by atoms with E-state index in [9.17, 15) is 4.79 Å². The Morgan fingerprint density at radius 3 is 2.80 bits per heavy atom. The third-order valence-electron chi connectivity index (χ3n) is 5.51. The van der Waals surface area contributed by atoms with Crippen LogP contribution in [0.1, 0.15) is 36.4 Å². The average molecular weight is 443 g/mol. The van der Waals surface area contributed by atoms with Crippen LogP contribution in [0.15, 0.2) is 53.7 Å². The molecule has 5 nitrogen and oxygen atoms in total. The highest BCUT2D eigenvalue weighted by Crippen LogP contribution is 2.43.